The van der Waals surface area contributed by atoms with Gasteiger partial charge in [0.2, 0.25) is 0 Å². The maximum absolute atomic E-state index is 13.7. The Balaban J connectivity index is 2.06. The van der Waals surface area contributed by atoms with E-state index in [0.717, 1.165) is 12.0 Å². The van der Waals surface area contributed by atoms with E-state index in [0.29, 0.717) is 12.2 Å². The van der Waals surface area contributed by atoms with E-state index >= 15 is 0 Å². The van der Waals surface area contributed by atoms with E-state index in [1.54, 1.807) is 12.1 Å². The minimum Gasteiger partial charge on any atom is -0.370 e. The standard InChI is InChI=1S/C17H21FN2/c1-3-13-8-10-14(11-9-13)16(19)12-20(2)17-7-5-4-6-15(17)18/h4-11,16H,3,12,19H2,1-2H3. The summed E-state index contributed by atoms with van der Waals surface area (Å²) in [6.45, 7) is 2.70. The lowest BCUT2D eigenvalue weighted by molar-refractivity contribution is 0.614. The smallest absolute Gasteiger partial charge is 0.146 e. The zero-order chi connectivity index (χ0) is 14.5. The molecule has 0 saturated heterocycles. The number of hydrogen-bond donors (Lipinski definition) is 1. The first kappa shape index (κ1) is 14.5. The van der Waals surface area contributed by atoms with Crippen LogP contribution in [0.5, 0.6) is 0 Å². The molecule has 0 bridgehead atoms. The number of likely N-dealkylation sites (N-methyl/N-ethyl adjacent to an activating group) is 1. The summed E-state index contributed by atoms with van der Waals surface area (Å²) < 4.78 is 13.7. The number of anilines is 1. The van der Waals surface area contributed by atoms with E-state index in [2.05, 4.69) is 31.2 Å². The molecule has 0 spiro atoms. The molecule has 0 aliphatic carbocycles. The molecule has 0 radical (unpaired) electrons. The van der Waals surface area contributed by atoms with Gasteiger partial charge in [0, 0.05) is 19.6 Å². The molecule has 0 aliphatic heterocycles. The quantitative estimate of drug-likeness (QED) is 0.902. The molecule has 0 aromatic heterocycles. The molecule has 2 nitrogen and oxygen atoms in total. The fourth-order valence-electron chi connectivity index (χ4n) is 2.26. The topological polar surface area (TPSA) is 29.3 Å². The normalized spacial score (nSPS) is 12.2. The zero-order valence-corrected chi connectivity index (χ0v) is 12.0. The summed E-state index contributed by atoms with van der Waals surface area (Å²) in [6.07, 6.45) is 1.02. The van der Waals surface area contributed by atoms with Crippen LogP contribution < -0.4 is 10.6 Å². The maximum Gasteiger partial charge on any atom is 0.146 e. The SMILES string of the molecule is CCc1ccc(C(N)CN(C)c2ccccc2F)cc1. The number of halogens is 1. The highest BCUT2D eigenvalue weighted by molar-refractivity contribution is 5.47. The van der Waals surface area contributed by atoms with Crippen molar-refractivity contribution in [3.05, 3.63) is 65.5 Å². The van der Waals surface area contributed by atoms with Gasteiger partial charge in [-0.05, 0) is 29.7 Å². The van der Waals surface area contributed by atoms with Gasteiger partial charge in [-0.25, -0.2) is 4.39 Å². The van der Waals surface area contributed by atoms with Gasteiger partial charge in [-0.2, -0.15) is 0 Å². The molecule has 3 heteroatoms. The second-order valence-corrected chi connectivity index (χ2v) is 5.03. The molecule has 2 N–H and O–H groups in total. The number of hydrogen-bond acceptors (Lipinski definition) is 2. The van der Waals surface area contributed by atoms with Gasteiger partial charge in [0.15, 0.2) is 0 Å². The summed E-state index contributed by atoms with van der Waals surface area (Å²) in [6, 6.07) is 14.9. The van der Waals surface area contributed by atoms with Crippen molar-refractivity contribution >= 4 is 5.69 Å². The Morgan fingerprint density at radius 1 is 1.10 bits per heavy atom. The Kier molecular flexibility index (Phi) is 4.74. The van der Waals surface area contributed by atoms with Crippen molar-refractivity contribution in [1.29, 1.82) is 0 Å². The van der Waals surface area contributed by atoms with E-state index < -0.39 is 0 Å². The summed E-state index contributed by atoms with van der Waals surface area (Å²) in [7, 11) is 1.86. The van der Waals surface area contributed by atoms with E-state index in [4.69, 9.17) is 5.73 Å². The van der Waals surface area contributed by atoms with Crippen LogP contribution in [-0.4, -0.2) is 13.6 Å². The molecule has 2 rings (SSSR count). The lowest BCUT2D eigenvalue weighted by Crippen LogP contribution is -2.29. The molecule has 2 aromatic rings. The lowest BCUT2D eigenvalue weighted by Gasteiger charge is -2.24. The highest BCUT2D eigenvalue weighted by atomic mass is 19.1. The van der Waals surface area contributed by atoms with E-state index in [1.165, 1.54) is 11.6 Å². The maximum atomic E-state index is 13.7. The van der Waals surface area contributed by atoms with Gasteiger partial charge >= 0.3 is 0 Å². The zero-order valence-electron chi connectivity index (χ0n) is 12.0. The van der Waals surface area contributed by atoms with Crippen LogP contribution in [0.1, 0.15) is 24.1 Å². The van der Waals surface area contributed by atoms with Gasteiger partial charge < -0.3 is 10.6 Å². The number of nitrogens with two attached hydrogens (primary N) is 1. The van der Waals surface area contributed by atoms with Crippen LogP contribution in [0, 0.1) is 5.82 Å². The Labute approximate surface area is 120 Å². The average Bonchev–Trinajstić information content (AvgIpc) is 2.47. The third kappa shape index (κ3) is 3.36. The largest absolute Gasteiger partial charge is 0.370 e. The molecule has 2 aromatic carbocycles. The number of nitrogens with zero attached hydrogens (tertiary/aromatic N) is 1. The average molecular weight is 272 g/mol. The van der Waals surface area contributed by atoms with Gasteiger partial charge in [-0.1, -0.05) is 43.3 Å². The van der Waals surface area contributed by atoms with Crippen molar-refractivity contribution in [1.82, 2.24) is 0 Å². The minimum absolute atomic E-state index is 0.134. The first-order valence-corrected chi connectivity index (χ1v) is 6.92. The fraction of sp³-hybridized carbons (Fsp3) is 0.294. The van der Waals surface area contributed by atoms with E-state index in [-0.39, 0.29) is 11.9 Å². The van der Waals surface area contributed by atoms with Crippen molar-refractivity contribution in [2.24, 2.45) is 5.73 Å². The van der Waals surface area contributed by atoms with E-state index in [9.17, 15) is 4.39 Å². The van der Waals surface area contributed by atoms with Crippen LogP contribution in [0.2, 0.25) is 0 Å². The molecular weight excluding hydrogens is 251 g/mol. The second-order valence-electron chi connectivity index (χ2n) is 5.03. The van der Waals surface area contributed by atoms with Crippen molar-refractivity contribution in [2.75, 3.05) is 18.5 Å². The summed E-state index contributed by atoms with van der Waals surface area (Å²) in [4.78, 5) is 1.85. The van der Waals surface area contributed by atoms with Crippen molar-refractivity contribution in [3.63, 3.8) is 0 Å². The van der Waals surface area contributed by atoms with Crippen molar-refractivity contribution in [3.8, 4) is 0 Å². The van der Waals surface area contributed by atoms with Gasteiger partial charge in [0.05, 0.1) is 5.69 Å². The minimum atomic E-state index is -0.219. The van der Waals surface area contributed by atoms with Gasteiger partial charge in [-0.15, -0.1) is 0 Å². The molecule has 106 valence electrons. The Morgan fingerprint density at radius 3 is 2.35 bits per heavy atom. The second kappa shape index (κ2) is 6.53. The molecular formula is C17H21FN2. The fourth-order valence-corrected chi connectivity index (χ4v) is 2.26. The Bertz CT molecular complexity index is 551. The molecule has 1 unspecified atom stereocenters. The van der Waals surface area contributed by atoms with Gasteiger partial charge in [0.1, 0.15) is 5.82 Å². The molecule has 0 amide bonds. The summed E-state index contributed by atoms with van der Waals surface area (Å²) >= 11 is 0. The molecule has 20 heavy (non-hydrogen) atoms. The highest BCUT2D eigenvalue weighted by Gasteiger charge is 2.12. The predicted molar refractivity (Wildman–Crippen MR) is 82.4 cm³/mol. The van der Waals surface area contributed by atoms with Crippen molar-refractivity contribution in [2.45, 2.75) is 19.4 Å². The number of rotatable bonds is 5. The molecule has 0 saturated carbocycles. The first-order valence-electron chi connectivity index (χ1n) is 6.92. The van der Waals surface area contributed by atoms with Crippen LogP contribution >= 0.6 is 0 Å². The monoisotopic (exact) mass is 272 g/mol. The molecule has 0 aliphatic rings. The lowest BCUT2D eigenvalue weighted by atomic mass is 10.0. The van der Waals surface area contributed by atoms with Crippen LogP contribution in [0.15, 0.2) is 48.5 Å². The van der Waals surface area contributed by atoms with Gasteiger partial charge in [0.25, 0.3) is 0 Å². The summed E-state index contributed by atoms with van der Waals surface area (Å²) in [5.41, 5.74) is 9.16. The van der Waals surface area contributed by atoms with Crippen LogP contribution in [0.4, 0.5) is 10.1 Å². The van der Waals surface area contributed by atoms with Crippen molar-refractivity contribution < 1.29 is 4.39 Å². The number of benzene rings is 2. The number of aryl methyl sites for hydroxylation is 1. The highest BCUT2D eigenvalue weighted by Crippen LogP contribution is 2.20. The molecule has 0 heterocycles. The third-order valence-electron chi connectivity index (χ3n) is 3.55. The number of para-hydroxylation sites is 1. The molecule has 0 fully saturated rings. The predicted octanol–water partition coefficient (Wildman–Crippen LogP) is 3.52. The Hall–Kier alpha value is -1.87. The Morgan fingerprint density at radius 2 is 1.75 bits per heavy atom. The van der Waals surface area contributed by atoms with Gasteiger partial charge in [-0.3, -0.25) is 0 Å². The first-order chi connectivity index (χ1) is 9.61. The van der Waals surface area contributed by atoms with E-state index in [1.807, 2.05) is 18.0 Å². The van der Waals surface area contributed by atoms with Crippen LogP contribution in [0.3, 0.4) is 0 Å². The summed E-state index contributed by atoms with van der Waals surface area (Å²) in [5.74, 6) is -0.219. The van der Waals surface area contributed by atoms with Crippen LogP contribution in [0.25, 0.3) is 0 Å². The molecule has 1 atom stereocenters. The summed E-state index contributed by atoms with van der Waals surface area (Å²) in [5, 5.41) is 0. The van der Waals surface area contributed by atoms with Crippen LogP contribution in [-0.2, 0) is 6.42 Å². The third-order valence-corrected chi connectivity index (χ3v) is 3.55.